The Kier molecular flexibility index (Phi) is 6.43. The molecule has 2 aliphatic rings. The van der Waals surface area contributed by atoms with Gasteiger partial charge < -0.3 is 9.47 Å². The van der Waals surface area contributed by atoms with Gasteiger partial charge in [-0.2, -0.15) is 4.79 Å². The lowest BCUT2D eigenvalue weighted by Gasteiger charge is -2.15. The summed E-state index contributed by atoms with van der Waals surface area (Å²) >= 11 is 3.43. The molecule has 0 aromatic carbocycles. The molecular weight excluding hydrogens is 324 g/mol. The molecule has 0 spiro atoms. The molecule has 1 amide bonds. The molecular formula is C14H23N2O4S2+. The van der Waals surface area contributed by atoms with E-state index in [0.717, 1.165) is 30.2 Å². The number of rotatable bonds is 5. The van der Waals surface area contributed by atoms with Crippen LogP contribution in [0.4, 0.5) is 4.79 Å². The van der Waals surface area contributed by atoms with Crippen LogP contribution in [0, 0.1) is 0 Å². The van der Waals surface area contributed by atoms with E-state index in [-0.39, 0.29) is 24.1 Å². The lowest BCUT2D eigenvalue weighted by Crippen LogP contribution is -2.79. The topological polar surface area (TPSA) is 69.8 Å². The average molecular weight is 347 g/mol. The van der Waals surface area contributed by atoms with Crippen LogP contribution in [0.15, 0.2) is 0 Å². The summed E-state index contributed by atoms with van der Waals surface area (Å²) in [6, 6.07) is 0.426. The van der Waals surface area contributed by atoms with E-state index in [1.165, 1.54) is 26.0 Å². The van der Waals surface area contributed by atoms with Crippen molar-refractivity contribution in [2.45, 2.75) is 43.0 Å². The second-order valence-corrected chi connectivity index (χ2v) is 7.35. The van der Waals surface area contributed by atoms with E-state index < -0.39 is 0 Å². The van der Waals surface area contributed by atoms with Crippen LogP contribution in [0.5, 0.6) is 0 Å². The van der Waals surface area contributed by atoms with Crippen molar-refractivity contribution in [1.29, 1.82) is 0 Å². The Hall–Kier alpha value is -0.890. The molecule has 0 aromatic rings. The molecule has 1 fully saturated rings. The molecule has 0 radical (unpaired) electrons. The zero-order valence-electron chi connectivity index (χ0n) is 13.2. The van der Waals surface area contributed by atoms with Crippen LogP contribution >= 0.6 is 23.5 Å². The number of esters is 1. The fraction of sp³-hybridized carbons (Fsp3) is 0.786. The van der Waals surface area contributed by atoms with Crippen LogP contribution in [0.25, 0.3) is 0 Å². The van der Waals surface area contributed by atoms with Gasteiger partial charge in [-0.15, -0.1) is 16.7 Å². The van der Waals surface area contributed by atoms with Crippen molar-refractivity contribution in [1.82, 2.24) is 4.90 Å². The second kappa shape index (κ2) is 8.10. The summed E-state index contributed by atoms with van der Waals surface area (Å²) in [4.78, 5) is 28.3. The maximum Gasteiger partial charge on any atom is 0.507 e. The van der Waals surface area contributed by atoms with Crippen molar-refractivity contribution in [3.63, 3.8) is 0 Å². The first-order chi connectivity index (χ1) is 10.6. The van der Waals surface area contributed by atoms with E-state index in [1.807, 2.05) is 18.0 Å². The number of nitrogens with zero attached hydrogens (tertiary/aromatic N) is 1. The third kappa shape index (κ3) is 3.71. The van der Waals surface area contributed by atoms with Gasteiger partial charge in [0, 0.05) is 17.4 Å². The van der Waals surface area contributed by atoms with Gasteiger partial charge in [-0.25, -0.2) is 0 Å². The summed E-state index contributed by atoms with van der Waals surface area (Å²) in [5.74, 6) is 0.768. The van der Waals surface area contributed by atoms with Crippen molar-refractivity contribution < 1.29 is 24.1 Å². The molecule has 3 unspecified atom stereocenters. The number of amides is 1. The van der Waals surface area contributed by atoms with Gasteiger partial charge >= 0.3 is 17.2 Å². The van der Waals surface area contributed by atoms with Crippen LogP contribution < -0.4 is 4.99 Å². The molecule has 2 aliphatic heterocycles. The minimum Gasteiger partial charge on any atom is -0.469 e. The highest BCUT2D eigenvalue weighted by Crippen LogP contribution is 2.34. The molecule has 2 rings (SSSR count). The minimum atomic E-state index is -0.295. The van der Waals surface area contributed by atoms with E-state index in [2.05, 4.69) is 9.73 Å². The predicted molar refractivity (Wildman–Crippen MR) is 88.0 cm³/mol. The third-order valence-corrected chi connectivity index (χ3v) is 6.24. The van der Waals surface area contributed by atoms with Crippen molar-refractivity contribution in [3.8, 4) is 0 Å². The zero-order chi connectivity index (χ0) is 16.1. The fourth-order valence-electron chi connectivity index (χ4n) is 2.92. The highest BCUT2D eigenvalue weighted by molar-refractivity contribution is 8.13. The minimum absolute atomic E-state index is 0.147. The van der Waals surface area contributed by atoms with E-state index in [4.69, 9.17) is 4.74 Å². The molecule has 0 bridgehead atoms. The Bertz CT molecular complexity index is 458. The maximum atomic E-state index is 12.0. The van der Waals surface area contributed by atoms with Gasteiger partial charge in [0.1, 0.15) is 6.04 Å². The van der Waals surface area contributed by atoms with Crippen LogP contribution in [0.2, 0.25) is 0 Å². The van der Waals surface area contributed by atoms with Crippen LogP contribution in [0.1, 0.15) is 25.7 Å². The highest BCUT2D eigenvalue weighted by atomic mass is 32.2. The highest BCUT2D eigenvalue weighted by Gasteiger charge is 2.54. The molecule has 1 N–H and O–H groups in total. The van der Waals surface area contributed by atoms with Crippen LogP contribution in [-0.2, 0) is 14.3 Å². The Morgan fingerprint density at radius 2 is 2.14 bits per heavy atom. The molecule has 0 aromatic heterocycles. The largest absolute Gasteiger partial charge is 0.507 e. The van der Waals surface area contributed by atoms with Crippen LogP contribution in [-0.4, -0.2) is 65.7 Å². The second-order valence-electron chi connectivity index (χ2n) is 5.28. The van der Waals surface area contributed by atoms with Crippen molar-refractivity contribution in [2.75, 3.05) is 26.2 Å². The van der Waals surface area contributed by atoms with Crippen molar-refractivity contribution in [3.05, 3.63) is 0 Å². The first-order valence-corrected chi connectivity index (χ1v) is 9.62. The molecule has 3 atom stereocenters. The van der Waals surface area contributed by atoms with E-state index in [0.29, 0.717) is 11.7 Å². The zero-order valence-corrected chi connectivity index (χ0v) is 14.8. The number of methoxy groups -OCH3 is 2. The van der Waals surface area contributed by atoms with Gasteiger partial charge in [-0.1, -0.05) is 6.42 Å². The fourth-order valence-corrected chi connectivity index (χ4v) is 5.17. The monoisotopic (exact) mass is 347 g/mol. The standard InChI is InChI=1S/C14H22N2O4S2/c1-19-11(17)7-5-4-6-10-12-9(8-22-10)16(14(18)20-2)13(15-12)21-3/h9-10,12H,4-8H2,1-3H3/p+1. The Morgan fingerprint density at radius 1 is 1.36 bits per heavy atom. The number of hydrogen-bond acceptors (Lipinski definition) is 6. The smallest absolute Gasteiger partial charge is 0.469 e. The predicted octanol–water partition coefficient (Wildman–Crippen LogP) is 0.454. The first-order valence-electron chi connectivity index (χ1n) is 7.35. The average Bonchev–Trinajstić information content (AvgIpc) is 3.09. The number of hydrogen-bond donors (Lipinski definition) is 1. The number of unbranched alkanes of at least 4 members (excludes halogenated alkanes) is 1. The maximum absolute atomic E-state index is 12.0. The number of fused-ring (bicyclic) bond motifs is 1. The quantitative estimate of drug-likeness (QED) is 0.575. The molecule has 8 heteroatoms. The third-order valence-electron chi connectivity index (χ3n) is 4.05. The molecule has 1 saturated heterocycles. The van der Waals surface area contributed by atoms with E-state index >= 15 is 0 Å². The molecule has 22 heavy (non-hydrogen) atoms. The van der Waals surface area contributed by atoms with Gasteiger partial charge in [0.2, 0.25) is 0 Å². The van der Waals surface area contributed by atoms with Gasteiger partial charge in [0.05, 0.1) is 14.2 Å². The molecule has 124 valence electrons. The summed E-state index contributed by atoms with van der Waals surface area (Å²) in [6.07, 6.45) is 5.01. The Morgan fingerprint density at radius 3 is 2.77 bits per heavy atom. The number of amidine groups is 1. The Balaban J connectivity index is 1.89. The summed E-state index contributed by atoms with van der Waals surface area (Å²) in [5, 5.41) is 1.33. The first kappa shape index (κ1) is 17.5. The van der Waals surface area contributed by atoms with Gasteiger partial charge in [0.15, 0.2) is 6.04 Å². The number of ether oxygens (including phenoxy) is 2. The summed E-state index contributed by atoms with van der Waals surface area (Å²) in [6.45, 7) is 0. The molecule has 6 nitrogen and oxygen atoms in total. The summed E-state index contributed by atoms with van der Waals surface area (Å²) in [7, 11) is 2.84. The lowest BCUT2D eigenvalue weighted by molar-refractivity contribution is -0.490. The van der Waals surface area contributed by atoms with Gasteiger partial charge in [0.25, 0.3) is 0 Å². The van der Waals surface area contributed by atoms with Crippen LogP contribution in [0.3, 0.4) is 0 Å². The molecule has 0 saturated carbocycles. The summed E-state index contributed by atoms with van der Waals surface area (Å²) < 4.78 is 9.55. The number of thioether (sulfide) groups is 2. The molecule has 2 heterocycles. The van der Waals surface area contributed by atoms with Gasteiger partial charge in [-0.05, 0) is 30.9 Å². The Labute approximate surface area is 139 Å². The number of nitrogens with one attached hydrogen (secondary N) is 1. The van der Waals surface area contributed by atoms with Gasteiger partial charge in [-0.3, -0.25) is 9.79 Å². The molecule has 0 aliphatic carbocycles. The van der Waals surface area contributed by atoms with E-state index in [1.54, 1.807) is 4.90 Å². The van der Waals surface area contributed by atoms with E-state index in [9.17, 15) is 9.59 Å². The summed E-state index contributed by atoms with van der Waals surface area (Å²) in [5.41, 5.74) is 0. The van der Waals surface area contributed by atoms with Crippen molar-refractivity contribution >= 4 is 40.8 Å². The van der Waals surface area contributed by atoms with Crippen molar-refractivity contribution in [2.24, 2.45) is 0 Å². The number of carbonyl (C=O) groups excluding carboxylic acids is 2. The normalized spacial score (nSPS) is 26.6. The number of carbonyl (C=O) groups is 2. The lowest BCUT2D eigenvalue weighted by atomic mass is 10.0. The SMILES string of the molecule is COC(=O)CCCCC1SCC2C1[NH+]=C(SC)N2C(=O)OC.